The van der Waals surface area contributed by atoms with Crippen LogP contribution in [0.1, 0.15) is 23.4 Å². The van der Waals surface area contributed by atoms with Gasteiger partial charge in [-0.1, -0.05) is 0 Å². The zero-order valence-corrected chi connectivity index (χ0v) is 10.7. The topological polar surface area (TPSA) is 45.2 Å². The van der Waals surface area contributed by atoms with E-state index >= 15 is 0 Å². The Morgan fingerprint density at radius 3 is 2.76 bits per heavy atom. The summed E-state index contributed by atoms with van der Waals surface area (Å²) in [6, 6.07) is 4.09. The number of nitrogens with zero attached hydrogens (tertiary/aromatic N) is 2. The van der Waals surface area contributed by atoms with Gasteiger partial charge in [0.25, 0.3) is 0 Å². The Morgan fingerprint density at radius 1 is 1.53 bits per heavy atom. The fourth-order valence-electron chi connectivity index (χ4n) is 2.09. The van der Waals surface area contributed by atoms with Crippen LogP contribution in [0.15, 0.2) is 12.1 Å². The second kappa shape index (κ2) is 4.84. The zero-order valence-electron chi connectivity index (χ0n) is 10.7. The number of hydrogen-bond donors (Lipinski definition) is 1. The third kappa shape index (κ3) is 2.82. The van der Waals surface area contributed by atoms with E-state index in [1.54, 1.807) is 4.90 Å². The summed E-state index contributed by atoms with van der Waals surface area (Å²) in [5.41, 5.74) is 3.15. The van der Waals surface area contributed by atoms with Crippen LogP contribution in [0.4, 0.5) is 0 Å². The summed E-state index contributed by atoms with van der Waals surface area (Å²) in [5.74, 6) is 0.164. The molecule has 1 fully saturated rings. The molecule has 1 unspecified atom stereocenters. The van der Waals surface area contributed by atoms with Crippen LogP contribution in [-0.2, 0) is 11.3 Å². The summed E-state index contributed by atoms with van der Waals surface area (Å²) in [4.78, 5) is 18.1. The number of nitrogens with one attached hydrogen (secondary N) is 1. The molecule has 1 aromatic heterocycles. The smallest absolute Gasteiger partial charge is 0.239 e. The Balaban J connectivity index is 2.01. The number of carbonyl (C=O) groups is 1. The monoisotopic (exact) mass is 233 g/mol. The van der Waals surface area contributed by atoms with Crippen LogP contribution < -0.4 is 5.32 Å². The number of rotatable bonds is 3. The van der Waals surface area contributed by atoms with Crippen LogP contribution in [0.2, 0.25) is 0 Å². The second-order valence-corrected chi connectivity index (χ2v) is 4.77. The van der Waals surface area contributed by atoms with Crippen LogP contribution in [0.25, 0.3) is 0 Å². The highest BCUT2D eigenvalue weighted by atomic mass is 16.2. The number of carbonyl (C=O) groups excluding carboxylic acids is 1. The Kier molecular flexibility index (Phi) is 3.43. The summed E-state index contributed by atoms with van der Waals surface area (Å²) in [6.07, 6.45) is 0.948. The molecule has 1 aliphatic heterocycles. The van der Waals surface area contributed by atoms with Gasteiger partial charge in [-0.25, -0.2) is 0 Å². The van der Waals surface area contributed by atoms with Crippen molar-refractivity contribution in [1.29, 1.82) is 0 Å². The first-order chi connectivity index (χ1) is 8.06. The van der Waals surface area contributed by atoms with Gasteiger partial charge >= 0.3 is 0 Å². The maximum Gasteiger partial charge on any atom is 0.239 e. The summed E-state index contributed by atoms with van der Waals surface area (Å²) in [7, 11) is 1.84. The van der Waals surface area contributed by atoms with Gasteiger partial charge in [0.2, 0.25) is 5.91 Å². The first kappa shape index (κ1) is 12.0. The van der Waals surface area contributed by atoms with E-state index < -0.39 is 0 Å². The molecule has 4 heteroatoms. The minimum Gasteiger partial charge on any atom is -0.339 e. The number of amides is 1. The molecule has 0 aromatic carbocycles. The second-order valence-electron chi connectivity index (χ2n) is 4.77. The molecule has 0 saturated carbocycles. The van der Waals surface area contributed by atoms with Crippen LogP contribution in [-0.4, -0.2) is 35.4 Å². The van der Waals surface area contributed by atoms with Crippen molar-refractivity contribution in [2.24, 2.45) is 0 Å². The van der Waals surface area contributed by atoms with Crippen molar-refractivity contribution in [1.82, 2.24) is 15.2 Å². The summed E-state index contributed by atoms with van der Waals surface area (Å²) < 4.78 is 0. The van der Waals surface area contributed by atoms with Crippen LogP contribution in [0, 0.1) is 13.8 Å². The van der Waals surface area contributed by atoms with E-state index in [9.17, 15) is 4.79 Å². The van der Waals surface area contributed by atoms with Gasteiger partial charge in [0.05, 0.1) is 18.3 Å². The standard InChI is InChI=1S/C13H19N3O/c1-9-6-10(2)15-11(7-9)8-16(3)13(17)12-4-5-14-12/h6-7,12,14H,4-5,8H2,1-3H3. The molecule has 2 rings (SSSR count). The lowest BCUT2D eigenvalue weighted by Crippen LogP contribution is -2.53. The quantitative estimate of drug-likeness (QED) is 0.847. The summed E-state index contributed by atoms with van der Waals surface area (Å²) in [5, 5.41) is 3.12. The highest BCUT2D eigenvalue weighted by Crippen LogP contribution is 2.10. The van der Waals surface area contributed by atoms with E-state index in [0.29, 0.717) is 6.54 Å². The van der Waals surface area contributed by atoms with Crippen molar-refractivity contribution in [3.05, 3.63) is 29.1 Å². The molecule has 92 valence electrons. The molecule has 1 amide bonds. The Hall–Kier alpha value is -1.42. The average molecular weight is 233 g/mol. The normalized spacial score (nSPS) is 18.6. The SMILES string of the molecule is Cc1cc(C)nc(CN(C)C(=O)C2CCN2)c1. The lowest BCUT2D eigenvalue weighted by molar-refractivity contribution is -0.134. The van der Waals surface area contributed by atoms with Crippen molar-refractivity contribution in [3.63, 3.8) is 0 Å². The van der Waals surface area contributed by atoms with Crippen molar-refractivity contribution < 1.29 is 4.79 Å². The number of pyridine rings is 1. The van der Waals surface area contributed by atoms with Gasteiger partial charge in [-0.2, -0.15) is 0 Å². The van der Waals surface area contributed by atoms with Crippen molar-refractivity contribution in [2.45, 2.75) is 32.9 Å². The van der Waals surface area contributed by atoms with E-state index in [2.05, 4.69) is 10.3 Å². The molecule has 0 spiro atoms. The van der Waals surface area contributed by atoms with Gasteiger partial charge in [-0.05, 0) is 44.5 Å². The Bertz CT molecular complexity index is 406. The fourth-order valence-corrected chi connectivity index (χ4v) is 2.09. The van der Waals surface area contributed by atoms with Gasteiger partial charge in [0.15, 0.2) is 0 Å². The van der Waals surface area contributed by atoms with Crippen molar-refractivity contribution >= 4 is 5.91 Å². The largest absolute Gasteiger partial charge is 0.339 e. The summed E-state index contributed by atoms with van der Waals surface area (Å²) >= 11 is 0. The van der Waals surface area contributed by atoms with Crippen LogP contribution in [0.5, 0.6) is 0 Å². The number of likely N-dealkylation sites (N-methyl/N-ethyl adjacent to an activating group) is 1. The lowest BCUT2D eigenvalue weighted by Gasteiger charge is -2.30. The maximum atomic E-state index is 11.9. The molecule has 1 saturated heterocycles. The lowest BCUT2D eigenvalue weighted by atomic mass is 10.1. The van der Waals surface area contributed by atoms with Gasteiger partial charge < -0.3 is 10.2 Å². The molecule has 1 N–H and O–H groups in total. The molecular weight excluding hydrogens is 214 g/mol. The number of aromatic nitrogens is 1. The minimum atomic E-state index is 0.0194. The van der Waals surface area contributed by atoms with Crippen LogP contribution in [0.3, 0.4) is 0 Å². The highest BCUT2D eigenvalue weighted by Gasteiger charge is 2.27. The van der Waals surface area contributed by atoms with Gasteiger partial charge in [0, 0.05) is 12.7 Å². The molecule has 0 radical (unpaired) electrons. The first-order valence-electron chi connectivity index (χ1n) is 5.99. The molecule has 1 aliphatic rings. The van der Waals surface area contributed by atoms with E-state index in [1.807, 2.05) is 33.0 Å². The molecule has 17 heavy (non-hydrogen) atoms. The minimum absolute atomic E-state index is 0.0194. The molecule has 1 aromatic rings. The van der Waals surface area contributed by atoms with E-state index in [0.717, 1.165) is 24.4 Å². The fraction of sp³-hybridized carbons (Fsp3) is 0.538. The molecule has 0 bridgehead atoms. The predicted octanol–water partition coefficient (Wildman–Crippen LogP) is 1.02. The Labute approximate surface area is 102 Å². The van der Waals surface area contributed by atoms with Gasteiger partial charge in [-0.15, -0.1) is 0 Å². The molecule has 2 heterocycles. The number of hydrogen-bond acceptors (Lipinski definition) is 3. The predicted molar refractivity (Wildman–Crippen MR) is 66.6 cm³/mol. The Morgan fingerprint density at radius 2 is 2.24 bits per heavy atom. The van der Waals surface area contributed by atoms with E-state index in [1.165, 1.54) is 5.56 Å². The third-order valence-corrected chi connectivity index (χ3v) is 3.05. The van der Waals surface area contributed by atoms with Crippen molar-refractivity contribution in [2.75, 3.05) is 13.6 Å². The van der Waals surface area contributed by atoms with Gasteiger partial charge in [0.1, 0.15) is 0 Å². The zero-order chi connectivity index (χ0) is 12.4. The van der Waals surface area contributed by atoms with Crippen molar-refractivity contribution in [3.8, 4) is 0 Å². The summed E-state index contributed by atoms with van der Waals surface area (Å²) in [6.45, 7) is 5.56. The molecule has 0 aliphatic carbocycles. The number of aryl methyl sites for hydroxylation is 2. The van der Waals surface area contributed by atoms with E-state index in [4.69, 9.17) is 0 Å². The van der Waals surface area contributed by atoms with E-state index in [-0.39, 0.29) is 11.9 Å². The van der Waals surface area contributed by atoms with Gasteiger partial charge in [-0.3, -0.25) is 9.78 Å². The maximum absolute atomic E-state index is 11.9. The molecule has 1 atom stereocenters. The highest BCUT2D eigenvalue weighted by molar-refractivity contribution is 5.82. The van der Waals surface area contributed by atoms with Crippen LogP contribution >= 0.6 is 0 Å². The molecular formula is C13H19N3O. The third-order valence-electron chi connectivity index (χ3n) is 3.05. The first-order valence-corrected chi connectivity index (χ1v) is 5.99. The molecule has 4 nitrogen and oxygen atoms in total. The average Bonchev–Trinajstić information content (AvgIpc) is 2.12.